The summed E-state index contributed by atoms with van der Waals surface area (Å²) in [7, 11) is 0. The lowest BCUT2D eigenvalue weighted by atomic mass is 10.2. The van der Waals surface area contributed by atoms with Crippen molar-refractivity contribution in [2.45, 2.75) is 25.5 Å². The molecule has 1 fully saturated rings. The Bertz CT molecular complexity index is 821. The number of aromatic nitrogens is 3. The molecule has 2 aromatic rings. The number of nitriles is 1. The summed E-state index contributed by atoms with van der Waals surface area (Å²) in [6, 6.07) is 9.28. The zero-order chi connectivity index (χ0) is 17.9. The van der Waals surface area contributed by atoms with E-state index in [1.54, 1.807) is 12.1 Å². The third-order valence-corrected chi connectivity index (χ3v) is 4.62. The van der Waals surface area contributed by atoms with Gasteiger partial charge in [0.15, 0.2) is 11.4 Å². The van der Waals surface area contributed by atoms with E-state index < -0.39 is 0 Å². The van der Waals surface area contributed by atoms with Crippen molar-refractivity contribution in [1.82, 2.24) is 20.1 Å². The van der Waals surface area contributed by atoms with Crippen LogP contribution in [0.3, 0.4) is 0 Å². The van der Waals surface area contributed by atoms with Crippen molar-refractivity contribution in [3.63, 3.8) is 0 Å². The fraction of sp³-hybridized carbons (Fsp3) is 0.444. The van der Waals surface area contributed by atoms with Gasteiger partial charge in [-0.25, -0.2) is 4.98 Å². The van der Waals surface area contributed by atoms with Crippen LogP contribution >= 0.6 is 0 Å². The van der Waals surface area contributed by atoms with Gasteiger partial charge in [0.2, 0.25) is 5.88 Å². The molecule has 2 aromatic heterocycles. The van der Waals surface area contributed by atoms with E-state index in [9.17, 15) is 0 Å². The minimum Gasteiger partial charge on any atom is -0.484 e. The Morgan fingerprint density at radius 3 is 2.92 bits per heavy atom. The van der Waals surface area contributed by atoms with E-state index in [1.807, 2.05) is 18.2 Å². The molecule has 2 aliphatic heterocycles. The molecule has 2 aliphatic rings. The average molecular weight is 353 g/mol. The van der Waals surface area contributed by atoms with Crippen molar-refractivity contribution in [1.29, 1.82) is 5.26 Å². The summed E-state index contributed by atoms with van der Waals surface area (Å²) in [5, 5.41) is 16.5. The van der Waals surface area contributed by atoms with Gasteiger partial charge in [-0.05, 0) is 31.5 Å². The van der Waals surface area contributed by atoms with Gasteiger partial charge in [-0.2, -0.15) is 5.26 Å². The van der Waals surface area contributed by atoms with E-state index >= 15 is 0 Å². The summed E-state index contributed by atoms with van der Waals surface area (Å²) in [6.07, 6.45) is 0.938. The highest BCUT2D eigenvalue weighted by molar-refractivity contribution is 5.36. The third kappa shape index (κ3) is 3.39. The van der Waals surface area contributed by atoms with E-state index in [4.69, 9.17) is 19.5 Å². The number of nitrogens with zero attached hydrogens (tertiary/aromatic N) is 5. The molecule has 0 spiro atoms. The fourth-order valence-corrected chi connectivity index (χ4v) is 3.18. The molecule has 0 aromatic carbocycles. The van der Waals surface area contributed by atoms with Gasteiger partial charge in [0.25, 0.3) is 5.88 Å². The Morgan fingerprint density at radius 1 is 1.23 bits per heavy atom. The molecule has 0 aliphatic carbocycles. The molecule has 0 unspecified atom stereocenters. The standard InChI is InChI=1S/C18H19N5O3/c1-12(15-3-4-16-18(20-15)25-9-8-24-16)23-7-6-14(11-23)26-17-5-2-13(10-19)21-22-17/h2-5,12,14H,6-9,11H2,1H3/t12-,14+/m0/s1. The van der Waals surface area contributed by atoms with Crippen LogP contribution in [0.4, 0.5) is 0 Å². The molecule has 0 radical (unpaired) electrons. The topological polar surface area (TPSA) is 93.4 Å². The second kappa shape index (κ2) is 7.14. The lowest BCUT2D eigenvalue weighted by molar-refractivity contribution is 0.159. The molecule has 26 heavy (non-hydrogen) atoms. The van der Waals surface area contributed by atoms with Crippen molar-refractivity contribution >= 4 is 0 Å². The van der Waals surface area contributed by atoms with E-state index in [-0.39, 0.29) is 17.8 Å². The maximum absolute atomic E-state index is 8.77. The number of fused-ring (bicyclic) bond motifs is 1. The first kappa shape index (κ1) is 16.5. The molecule has 8 heteroatoms. The smallest absolute Gasteiger partial charge is 0.257 e. The van der Waals surface area contributed by atoms with Crippen LogP contribution in [0.25, 0.3) is 0 Å². The first-order chi connectivity index (χ1) is 12.7. The maximum atomic E-state index is 8.77. The van der Waals surface area contributed by atoms with Gasteiger partial charge in [0.1, 0.15) is 25.4 Å². The minimum atomic E-state index is 0.0388. The van der Waals surface area contributed by atoms with E-state index in [0.717, 1.165) is 25.2 Å². The Labute approximate surface area is 151 Å². The normalized spacial score (nSPS) is 20.4. The van der Waals surface area contributed by atoms with Crippen molar-refractivity contribution in [2.75, 3.05) is 26.3 Å². The van der Waals surface area contributed by atoms with Crippen molar-refractivity contribution in [3.05, 3.63) is 35.7 Å². The van der Waals surface area contributed by atoms with E-state index in [1.165, 1.54) is 0 Å². The van der Waals surface area contributed by atoms with Gasteiger partial charge in [-0.1, -0.05) is 0 Å². The molecule has 8 nitrogen and oxygen atoms in total. The Hall–Kier alpha value is -2.92. The molecule has 0 N–H and O–H groups in total. The first-order valence-electron chi connectivity index (χ1n) is 8.64. The van der Waals surface area contributed by atoms with Crippen molar-refractivity contribution in [2.24, 2.45) is 0 Å². The maximum Gasteiger partial charge on any atom is 0.257 e. The Kier molecular flexibility index (Phi) is 4.54. The number of hydrogen-bond acceptors (Lipinski definition) is 8. The highest BCUT2D eigenvalue weighted by atomic mass is 16.6. The highest BCUT2D eigenvalue weighted by Gasteiger charge is 2.29. The molecular weight excluding hydrogens is 334 g/mol. The van der Waals surface area contributed by atoms with Crippen LogP contribution in [-0.4, -0.2) is 52.5 Å². The van der Waals surface area contributed by atoms with Crippen LogP contribution in [0.2, 0.25) is 0 Å². The molecule has 0 bridgehead atoms. The average Bonchev–Trinajstić information content (AvgIpc) is 3.16. The fourth-order valence-electron chi connectivity index (χ4n) is 3.18. The zero-order valence-corrected chi connectivity index (χ0v) is 14.5. The second-order valence-corrected chi connectivity index (χ2v) is 6.30. The summed E-state index contributed by atoms with van der Waals surface area (Å²) in [4.78, 5) is 6.92. The van der Waals surface area contributed by atoms with Gasteiger partial charge in [-0.15, -0.1) is 10.2 Å². The SMILES string of the molecule is C[C@@H](c1ccc2c(n1)OCCO2)N1CC[C@@H](Oc2ccc(C#N)nn2)C1. The number of rotatable bonds is 4. The third-order valence-electron chi connectivity index (χ3n) is 4.62. The summed E-state index contributed by atoms with van der Waals surface area (Å²) >= 11 is 0. The predicted molar refractivity (Wildman–Crippen MR) is 91.0 cm³/mol. The van der Waals surface area contributed by atoms with Crippen LogP contribution in [-0.2, 0) is 0 Å². The van der Waals surface area contributed by atoms with Gasteiger partial charge >= 0.3 is 0 Å². The Morgan fingerprint density at radius 2 is 2.12 bits per heavy atom. The predicted octanol–water partition coefficient (Wildman–Crippen LogP) is 1.73. The van der Waals surface area contributed by atoms with Crippen molar-refractivity contribution < 1.29 is 14.2 Å². The van der Waals surface area contributed by atoms with Gasteiger partial charge in [-0.3, -0.25) is 4.90 Å². The lowest BCUT2D eigenvalue weighted by Crippen LogP contribution is -2.28. The molecule has 0 amide bonds. The molecule has 4 heterocycles. The molecular formula is C18H19N5O3. The Balaban J connectivity index is 1.39. The summed E-state index contributed by atoms with van der Waals surface area (Å²) < 4.78 is 17.0. The largest absolute Gasteiger partial charge is 0.484 e. The van der Waals surface area contributed by atoms with Gasteiger partial charge in [0.05, 0.1) is 5.69 Å². The van der Waals surface area contributed by atoms with Crippen LogP contribution < -0.4 is 14.2 Å². The lowest BCUT2D eigenvalue weighted by Gasteiger charge is -2.25. The van der Waals surface area contributed by atoms with Crippen LogP contribution in [0.1, 0.15) is 30.8 Å². The molecule has 1 saturated heterocycles. The molecule has 2 atom stereocenters. The first-order valence-corrected chi connectivity index (χ1v) is 8.64. The molecule has 134 valence electrons. The van der Waals surface area contributed by atoms with Gasteiger partial charge in [0, 0.05) is 25.2 Å². The quantitative estimate of drug-likeness (QED) is 0.820. The minimum absolute atomic E-state index is 0.0388. The molecule has 4 rings (SSSR count). The van der Waals surface area contributed by atoms with Crippen molar-refractivity contribution in [3.8, 4) is 23.6 Å². The number of hydrogen-bond donors (Lipinski definition) is 0. The van der Waals surface area contributed by atoms with Crippen LogP contribution in [0.5, 0.6) is 17.5 Å². The van der Waals surface area contributed by atoms with Gasteiger partial charge < -0.3 is 14.2 Å². The summed E-state index contributed by atoms with van der Waals surface area (Å²) in [6.45, 7) is 4.91. The number of ether oxygens (including phenoxy) is 3. The zero-order valence-electron chi connectivity index (χ0n) is 14.5. The number of pyridine rings is 1. The highest BCUT2D eigenvalue weighted by Crippen LogP contribution is 2.32. The van der Waals surface area contributed by atoms with E-state index in [0.29, 0.717) is 30.7 Å². The summed E-state index contributed by atoms with van der Waals surface area (Å²) in [5.41, 5.74) is 1.23. The number of likely N-dealkylation sites (tertiary alicyclic amines) is 1. The summed E-state index contributed by atoms with van der Waals surface area (Å²) in [5.74, 6) is 1.72. The van der Waals surface area contributed by atoms with Crippen LogP contribution in [0, 0.1) is 11.3 Å². The van der Waals surface area contributed by atoms with E-state index in [2.05, 4.69) is 27.0 Å². The second-order valence-electron chi connectivity index (χ2n) is 6.30. The monoisotopic (exact) mass is 353 g/mol. The molecule has 0 saturated carbocycles. The van der Waals surface area contributed by atoms with Crippen LogP contribution in [0.15, 0.2) is 24.3 Å².